The van der Waals surface area contributed by atoms with E-state index in [0.717, 1.165) is 42.9 Å². The molecule has 0 spiro atoms. The summed E-state index contributed by atoms with van der Waals surface area (Å²) in [4.78, 5) is 8.88. The number of hydrogen-bond acceptors (Lipinski definition) is 6. The van der Waals surface area contributed by atoms with E-state index in [0.29, 0.717) is 12.4 Å². The molecule has 114 valence electrons. The van der Waals surface area contributed by atoms with E-state index in [1.165, 1.54) is 0 Å². The molecule has 6 heteroatoms. The molecule has 0 aliphatic carbocycles. The molecule has 1 atom stereocenters. The fourth-order valence-corrected chi connectivity index (χ4v) is 2.11. The zero-order chi connectivity index (χ0) is 15.2. The molecule has 20 heavy (non-hydrogen) atoms. The standard InChI is InChI=1S/C14H27N5O/c1-5-7-11-17-12(10(3)13(18-11)19-15)16-9-14(4,20)8-6-2/h20H,5-9,15H2,1-4H3,(H2,16,17,18,19). The van der Waals surface area contributed by atoms with Crippen molar-refractivity contribution in [1.82, 2.24) is 9.97 Å². The molecule has 1 aromatic heterocycles. The lowest BCUT2D eigenvalue weighted by molar-refractivity contribution is 0.0636. The van der Waals surface area contributed by atoms with Crippen LogP contribution in [0, 0.1) is 6.92 Å². The third kappa shape index (κ3) is 4.61. The van der Waals surface area contributed by atoms with Crippen molar-refractivity contribution in [3.63, 3.8) is 0 Å². The number of hydrazine groups is 1. The number of nitrogens with two attached hydrogens (primary N) is 1. The highest BCUT2D eigenvalue weighted by atomic mass is 16.3. The molecule has 0 fully saturated rings. The number of aromatic nitrogens is 2. The van der Waals surface area contributed by atoms with Gasteiger partial charge in [-0.25, -0.2) is 15.8 Å². The Balaban J connectivity index is 2.90. The van der Waals surface area contributed by atoms with Gasteiger partial charge in [0.15, 0.2) is 0 Å². The second-order valence-corrected chi connectivity index (χ2v) is 5.46. The van der Waals surface area contributed by atoms with Gasteiger partial charge in [-0.05, 0) is 26.7 Å². The minimum Gasteiger partial charge on any atom is -0.388 e. The molecule has 1 rings (SSSR count). The van der Waals surface area contributed by atoms with Crippen molar-refractivity contribution >= 4 is 11.6 Å². The van der Waals surface area contributed by atoms with E-state index in [-0.39, 0.29) is 0 Å². The van der Waals surface area contributed by atoms with Gasteiger partial charge in [-0.2, -0.15) is 0 Å². The van der Waals surface area contributed by atoms with Gasteiger partial charge in [0.25, 0.3) is 0 Å². The lowest BCUT2D eigenvalue weighted by Crippen LogP contribution is -2.33. The van der Waals surface area contributed by atoms with Crippen LogP contribution in [0.4, 0.5) is 11.6 Å². The fraction of sp³-hybridized carbons (Fsp3) is 0.714. The summed E-state index contributed by atoms with van der Waals surface area (Å²) in [6.07, 6.45) is 3.46. The summed E-state index contributed by atoms with van der Waals surface area (Å²) in [6.45, 7) is 8.32. The van der Waals surface area contributed by atoms with Crippen molar-refractivity contribution < 1.29 is 5.11 Å². The minimum absolute atomic E-state index is 0.453. The lowest BCUT2D eigenvalue weighted by atomic mass is 10.0. The van der Waals surface area contributed by atoms with Gasteiger partial charge in [-0.3, -0.25) is 0 Å². The highest BCUT2D eigenvalue weighted by Gasteiger charge is 2.20. The fourth-order valence-electron chi connectivity index (χ4n) is 2.11. The van der Waals surface area contributed by atoms with Gasteiger partial charge >= 0.3 is 0 Å². The van der Waals surface area contributed by atoms with Crippen LogP contribution < -0.4 is 16.6 Å². The zero-order valence-electron chi connectivity index (χ0n) is 13.0. The maximum atomic E-state index is 10.2. The maximum Gasteiger partial charge on any atom is 0.148 e. The largest absolute Gasteiger partial charge is 0.388 e. The Morgan fingerprint density at radius 1 is 1.20 bits per heavy atom. The molecule has 0 saturated carbocycles. The highest BCUT2D eigenvalue weighted by molar-refractivity contribution is 5.56. The molecular weight excluding hydrogens is 254 g/mol. The first-order chi connectivity index (χ1) is 9.43. The van der Waals surface area contributed by atoms with Gasteiger partial charge < -0.3 is 15.8 Å². The lowest BCUT2D eigenvalue weighted by Gasteiger charge is -2.24. The van der Waals surface area contributed by atoms with Crippen molar-refractivity contribution in [3.8, 4) is 0 Å². The number of nitrogen functional groups attached to an aromatic ring is 1. The molecule has 6 nitrogen and oxygen atoms in total. The molecule has 1 unspecified atom stereocenters. The average molecular weight is 281 g/mol. The molecular formula is C14H27N5O. The first-order valence-corrected chi connectivity index (χ1v) is 7.24. The van der Waals surface area contributed by atoms with Crippen molar-refractivity contribution in [2.75, 3.05) is 17.3 Å². The summed E-state index contributed by atoms with van der Waals surface area (Å²) < 4.78 is 0. The molecule has 1 heterocycles. The van der Waals surface area contributed by atoms with Crippen LogP contribution in [-0.2, 0) is 6.42 Å². The molecule has 0 aromatic carbocycles. The van der Waals surface area contributed by atoms with Crippen molar-refractivity contribution in [3.05, 3.63) is 11.4 Å². The summed E-state index contributed by atoms with van der Waals surface area (Å²) in [5.74, 6) is 7.61. The Bertz CT molecular complexity index is 434. The number of aliphatic hydroxyl groups is 1. The predicted molar refractivity (Wildman–Crippen MR) is 82.6 cm³/mol. The molecule has 0 radical (unpaired) electrons. The Labute approximate surface area is 121 Å². The van der Waals surface area contributed by atoms with Crippen molar-refractivity contribution in [2.24, 2.45) is 5.84 Å². The minimum atomic E-state index is -0.743. The molecule has 5 N–H and O–H groups in total. The summed E-state index contributed by atoms with van der Waals surface area (Å²) in [7, 11) is 0. The van der Waals surface area contributed by atoms with Gasteiger partial charge in [0.05, 0.1) is 5.60 Å². The van der Waals surface area contributed by atoms with E-state index in [2.05, 4.69) is 34.6 Å². The number of hydrogen-bond donors (Lipinski definition) is 4. The van der Waals surface area contributed by atoms with E-state index in [4.69, 9.17) is 5.84 Å². The Morgan fingerprint density at radius 3 is 2.40 bits per heavy atom. The summed E-state index contributed by atoms with van der Waals surface area (Å²) in [5.41, 5.74) is 2.72. The normalized spacial score (nSPS) is 13.9. The van der Waals surface area contributed by atoms with Gasteiger partial charge in [0.2, 0.25) is 0 Å². The SMILES string of the molecule is CCCc1nc(NN)c(C)c(NCC(C)(O)CCC)n1. The molecule has 0 saturated heterocycles. The molecule has 0 amide bonds. The van der Waals surface area contributed by atoms with Crippen LogP contribution in [0.2, 0.25) is 0 Å². The number of anilines is 2. The maximum absolute atomic E-state index is 10.2. The number of nitrogens with one attached hydrogen (secondary N) is 2. The Morgan fingerprint density at radius 2 is 1.85 bits per heavy atom. The van der Waals surface area contributed by atoms with Gasteiger partial charge in [0, 0.05) is 18.5 Å². The van der Waals surface area contributed by atoms with E-state index >= 15 is 0 Å². The first-order valence-electron chi connectivity index (χ1n) is 7.24. The van der Waals surface area contributed by atoms with Crippen LogP contribution in [0.25, 0.3) is 0 Å². The third-order valence-corrected chi connectivity index (χ3v) is 3.23. The van der Waals surface area contributed by atoms with Crippen LogP contribution in [0.1, 0.15) is 51.4 Å². The van der Waals surface area contributed by atoms with Gasteiger partial charge in [-0.15, -0.1) is 0 Å². The van der Waals surface area contributed by atoms with Crippen molar-refractivity contribution in [2.45, 2.75) is 59.0 Å². The summed E-state index contributed by atoms with van der Waals surface area (Å²) >= 11 is 0. The van der Waals surface area contributed by atoms with Gasteiger partial charge in [0.1, 0.15) is 17.5 Å². The number of rotatable bonds is 8. The molecule has 0 aliphatic rings. The van der Waals surface area contributed by atoms with Crippen LogP contribution in [0.5, 0.6) is 0 Å². The quantitative estimate of drug-likeness (QED) is 0.430. The monoisotopic (exact) mass is 281 g/mol. The van der Waals surface area contributed by atoms with Crippen LogP contribution >= 0.6 is 0 Å². The summed E-state index contributed by atoms with van der Waals surface area (Å²) in [5, 5.41) is 13.4. The Kier molecular flexibility index (Phi) is 6.16. The van der Waals surface area contributed by atoms with Crippen LogP contribution in [0.15, 0.2) is 0 Å². The van der Waals surface area contributed by atoms with E-state index < -0.39 is 5.60 Å². The molecule has 0 bridgehead atoms. The van der Waals surface area contributed by atoms with E-state index in [1.54, 1.807) is 0 Å². The number of aryl methyl sites for hydroxylation is 1. The second kappa shape index (κ2) is 7.40. The van der Waals surface area contributed by atoms with Crippen LogP contribution in [0.3, 0.4) is 0 Å². The molecule has 1 aromatic rings. The van der Waals surface area contributed by atoms with Crippen molar-refractivity contribution in [1.29, 1.82) is 0 Å². The summed E-state index contributed by atoms with van der Waals surface area (Å²) in [6, 6.07) is 0. The smallest absolute Gasteiger partial charge is 0.148 e. The molecule has 0 aliphatic heterocycles. The van der Waals surface area contributed by atoms with Gasteiger partial charge in [-0.1, -0.05) is 20.3 Å². The van der Waals surface area contributed by atoms with Crippen LogP contribution in [-0.4, -0.2) is 27.2 Å². The zero-order valence-corrected chi connectivity index (χ0v) is 13.0. The first kappa shape index (κ1) is 16.7. The van der Waals surface area contributed by atoms with E-state index in [9.17, 15) is 5.11 Å². The Hall–Kier alpha value is -1.40. The number of nitrogens with zero attached hydrogens (tertiary/aromatic N) is 2. The highest BCUT2D eigenvalue weighted by Crippen LogP contribution is 2.21. The van der Waals surface area contributed by atoms with E-state index in [1.807, 2.05) is 13.8 Å². The third-order valence-electron chi connectivity index (χ3n) is 3.23. The topological polar surface area (TPSA) is 96.1 Å². The average Bonchev–Trinajstić information content (AvgIpc) is 2.39. The second-order valence-electron chi connectivity index (χ2n) is 5.46. The predicted octanol–water partition coefficient (Wildman–Crippen LogP) is 1.99.